The average molecular weight is 513 g/mol. The molecule has 3 aromatic carbocycles. The largest absolute Gasteiger partial charge is 0.481 e. The van der Waals surface area contributed by atoms with Gasteiger partial charge in [0.25, 0.3) is 0 Å². The third kappa shape index (κ3) is 4.87. The second-order valence-electron chi connectivity index (χ2n) is 9.45. The predicted octanol–water partition coefficient (Wildman–Crippen LogP) is 7.60. The zero-order valence-corrected chi connectivity index (χ0v) is 21.5. The van der Waals surface area contributed by atoms with Crippen LogP contribution in [0.1, 0.15) is 49.1 Å². The van der Waals surface area contributed by atoms with Gasteiger partial charge in [-0.05, 0) is 66.0 Å². The molecule has 188 valence electrons. The first-order chi connectivity index (χ1) is 17.9. The fourth-order valence-corrected chi connectivity index (χ4v) is 5.60. The predicted molar refractivity (Wildman–Crippen MR) is 146 cm³/mol. The van der Waals surface area contributed by atoms with Crippen LogP contribution in [0.15, 0.2) is 78.9 Å². The Labute approximate surface area is 220 Å². The van der Waals surface area contributed by atoms with E-state index < -0.39 is 17.5 Å². The second kappa shape index (κ2) is 10.2. The zero-order chi connectivity index (χ0) is 26.0. The van der Waals surface area contributed by atoms with Crippen molar-refractivity contribution in [3.63, 3.8) is 0 Å². The lowest BCUT2D eigenvalue weighted by atomic mass is 9.64. The molecule has 0 saturated heterocycles. The highest BCUT2D eigenvalue weighted by molar-refractivity contribution is 7.10. The number of rotatable bonds is 7. The van der Waals surface area contributed by atoms with Crippen LogP contribution >= 0.6 is 11.5 Å². The molecule has 0 spiro atoms. The van der Waals surface area contributed by atoms with Gasteiger partial charge >= 0.3 is 12.1 Å². The SMILES string of the molecule is Cc1nsc(-c2ccc(-c3ccc(C4(C(=O)O)CCC4)cc3)cc2)c1NC(=O)O[C@H](C)c1ccccc1. The van der Waals surface area contributed by atoms with E-state index in [4.69, 9.17) is 4.74 Å². The first-order valence-corrected chi connectivity index (χ1v) is 13.1. The van der Waals surface area contributed by atoms with Crippen molar-refractivity contribution in [2.75, 3.05) is 5.32 Å². The number of hydrogen-bond acceptors (Lipinski definition) is 5. The Morgan fingerprint density at radius 1 is 0.946 bits per heavy atom. The van der Waals surface area contributed by atoms with E-state index in [0.29, 0.717) is 18.5 Å². The topological polar surface area (TPSA) is 88.5 Å². The van der Waals surface area contributed by atoms with Crippen LogP contribution in [-0.4, -0.2) is 21.5 Å². The number of carboxylic acid groups (broad SMARTS) is 1. The summed E-state index contributed by atoms with van der Waals surface area (Å²) in [5, 5.41) is 12.6. The van der Waals surface area contributed by atoms with Crippen LogP contribution in [0, 0.1) is 6.92 Å². The Kier molecular flexibility index (Phi) is 6.80. The second-order valence-corrected chi connectivity index (χ2v) is 10.2. The number of nitrogens with zero attached hydrogens (tertiary/aromatic N) is 1. The molecule has 1 amide bonds. The Bertz CT molecular complexity index is 1410. The van der Waals surface area contributed by atoms with Crippen molar-refractivity contribution in [2.24, 2.45) is 0 Å². The van der Waals surface area contributed by atoms with Crippen LogP contribution in [-0.2, 0) is 14.9 Å². The van der Waals surface area contributed by atoms with Crippen molar-refractivity contribution in [2.45, 2.75) is 44.6 Å². The first-order valence-electron chi connectivity index (χ1n) is 12.3. The maximum absolute atomic E-state index is 12.6. The zero-order valence-electron chi connectivity index (χ0n) is 20.7. The molecule has 4 aromatic rings. The number of hydrogen-bond donors (Lipinski definition) is 2. The highest BCUT2D eigenvalue weighted by atomic mass is 32.1. The lowest BCUT2D eigenvalue weighted by molar-refractivity contribution is -0.147. The van der Waals surface area contributed by atoms with Crippen LogP contribution in [0.2, 0.25) is 0 Å². The quantitative estimate of drug-likeness (QED) is 0.266. The number of nitrogens with one attached hydrogen (secondary N) is 1. The number of aliphatic carboxylic acids is 1. The molecular weight excluding hydrogens is 484 g/mol. The molecule has 1 aromatic heterocycles. The molecule has 0 unspecified atom stereocenters. The van der Waals surface area contributed by atoms with E-state index in [1.807, 2.05) is 92.7 Å². The van der Waals surface area contributed by atoms with Gasteiger partial charge < -0.3 is 9.84 Å². The number of aryl methyl sites for hydroxylation is 1. The van der Waals surface area contributed by atoms with Crippen molar-refractivity contribution in [3.8, 4) is 21.6 Å². The third-order valence-electron chi connectivity index (χ3n) is 7.18. The van der Waals surface area contributed by atoms with Crippen LogP contribution < -0.4 is 5.32 Å². The fourth-order valence-electron chi connectivity index (χ4n) is 4.75. The summed E-state index contributed by atoms with van der Waals surface area (Å²) in [6, 6.07) is 25.5. The van der Waals surface area contributed by atoms with Gasteiger partial charge in [0.05, 0.1) is 21.7 Å². The molecule has 1 heterocycles. The molecule has 1 aliphatic carbocycles. The maximum atomic E-state index is 12.6. The summed E-state index contributed by atoms with van der Waals surface area (Å²) in [6.07, 6.45) is 1.44. The first kappa shape index (κ1) is 24.7. The molecule has 6 nitrogen and oxygen atoms in total. The number of ether oxygens (including phenoxy) is 1. The van der Waals surface area contributed by atoms with Gasteiger partial charge in [0.1, 0.15) is 6.10 Å². The summed E-state index contributed by atoms with van der Waals surface area (Å²) in [4.78, 5) is 25.3. The molecular formula is C30H28N2O4S. The maximum Gasteiger partial charge on any atom is 0.412 e. The summed E-state index contributed by atoms with van der Waals surface area (Å²) in [5.74, 6) is -0.737. The third-order valence-corrected chi connectivity index (χ3v) is 8.16. The van der Waals surface area contributed by atoms with Gasteiger partial charge in [0.15, 0.2) is 0 Å². The lowest BCUT2D eigenvalue weighted by Gasteiger charge is -2.38. The molecule has 1 fully saturated rings. The summed E-state index contributed by atoms with van der Waals surface area (Å²) < 4.78 is 10.0. The molecule has 37 heavy (non-hydrogen) atoms. The monoisotopic (exact) mass is 512 g/mol. The van der Waals surface area contributed by atoms with Gasteiger partial charge in [-0.25, -0.2) is 4.79 Å². The summed E-state index contributed by atoms with van der Waals surface area (Å²) in [7, 11) is 0. The van der Waals surface area contributed by atoms with Crippen molar-refractivity contribution in [3.05, 3.63) is 95.7 Å². The molecule has 1 atom stereocenters. The number of benzene rings is 3. The van der Waals surface area contributed by atoms with Gasteiger partial charge in [-0.2, -0.15) is 4.37 Å². The molecule has 7 heteroatoms. The summed E-state index contributed by atoms with van der Waals surface area (Å²) in [5.41, 5.74) is 5.43. The number of amides is 1. The lowest BCUT2D eigenvalue weighted by Crippen LogP contribution is -2.42. The molecule has 0 bridgehead atoms. The number of anilines is 1. The molecule has 5 rings (SSSR count). The van der Waals surface area contributed by atoms with E-state index in [9.17, 15) is 14.7 Å². The van der Waals surface area contributed by atoms with Crippen LogP contribution in [0.5, 0.6) is 0 Å². The van der Waals surface area contributed by atoms with Gasteiger partial charge in [-0.15, -0.1) is 0 Å². The highest BCUT2D eigenvalue weighted by Gasteiger charge is 2.45. The van der Waals surface area contributed by atoms with Crippen molar-refractivity contribution < 1.29 is 19.4 Å². The normalized spacial score (nSPS) is 14.9. The molecule has 0 radical (unpaired) electrons. The minimum absolute atomic E-state index is 0.378. The van der Waals surface area contributed by atoms with Crippen LogP contribution in [0.4, 0.5) is 10.5 Å². The minimum Gasteiger partial charge on any atom is -0.481 e. The number of carboxylic acids is 1. The molecule has 1 saturated carbocycles. The Morgan fingerprint density at radius 3 is 2.11 bits per heavy atom. The van der Waals surface area contributed by atoms with Crippen LogP contribution in [0.25, 0.3) is 21.6 Å². The minimum atomic E-state index is -0.737. The van der Waals surface area contributed by atoms with E-state index in [1.54, 1.807) is 0 Å². The van der Waals surface area contributed by atoms with E-state index in [1.165, 1.54) is 11.5 Å². The Hall–Kier alpha value is -3.97. The smallest absolute Gasteiger partial charge is 0.412 e. The Balaban J connectivity index is 1.30. The number of aromatic nitrogens is 1. The molecule has 2 N–H and O–H groups in total. The fraction of sp³-hybridized carbons (Fsp3) is 0.233. The highest BCUT2D eigenvalue weighted by Crippen LogP contribution is 2.44. The Morgan fingerprint density at radius 2 is 1.54 bits per heavy atom. The van der Waals surface area contributed by atoms with Gasteiger partial charge in [0.2, 0.25) is 0 Å². The number of carbonyl (C=O) groups is 2. The van der Waals surface area contributed by atoms with E-state index in [2.05, 4.69) is 9.69 Å². The van der Waals surface area contributed by atoms with Crippen molar-refractivity contribution in [1.82, 2.24) is 4.37 Å². The van der Waals surface area contributed by atoms with Gasteiger partial charge in [-0.3, -0.25) is 10.1 Å². The van der Waals surface area contributed by atoms with Gasteiger partial charge in [0, 0.05) is 0 Å². The average Bonchev–Trinajstić information content (AvgIpc) is 3.24. The molecule has 0 aliphatic heterocycles. The molecule has 1 aliphatic rings. The van der Waals surface area contributed by atoms with Crippen LogP contribution in [0.3, 0.4) is 0 Å². The van der Waals surface area contributed by atoms with Crippen molar-refractivity contribution in [1.29, 1.82) is 0 Å². The standard InChI is InChI=1S/C30H28N2O4S/c1-19-26(31-29(35)36-20(2)21-7-4-3-5-8-21)27(37-32-19)24-11-9-22(10-12-24)23-13-15-25(16-14-23)30(28(33)34)17-6-18-30/h3-5,7-16,20H,6,17-18H2,1-2H3,(H,31,35)(H,33,34)/t20-/m1/s1. The van der Waals surface area contributed by atoms with E-state index >= 15 is 0 Å². The van der Waals surface area contributed by atoms with E-state index in [0.717, 1.165) is 44.8 Å². The van der Waals surface area contributed by atoms with Gasteiger partial charge in [-0.1, -0.05) is 85.3 Å². The van der Waals surface area contributed by atoms with Crippen molar-refractivity contribution >= 4 is 29.3 Å². The summed E-state index contributed by atoms with van der Waals surface area (Å²) in [6.45, 7) is 3.70. The number of carbonyl (C=O) groups excluding carboxylic acids is 1. The summed E-state index contributed by atoms with van der Waals surface area (Å²) >= 11 is 1.33. The van der Waals surface area contributed by atoms with E-state index in [-0.39, 0.29) is 6.10 Å².